The maximum atomic E-state index is 5.73. The fraction of sp³-hybridized carbons (Fsp3) is 0.200. The molecule has 0 fully saturated rings. The molecular weight excluding hydrogens is 210 g/mol. The standard InChI is InChI=1S/C10H9N3OS/c11-10-12-9(13-15-10)8-5-6-3-1-2-4-7(6)14-8/h1-4,8H,5H2,(H2,11,12,13). The van der Waals surface area contributed by atoms with Crippen molar-refractivity contribution in [1.29, 1.82) is 0 Å². The maximum Gasteiger partial charge on any atom is 0.200 e. The third kappa shape index (κ3) is 1.45. The molecule has 4 nitrogen and oxygen atoms in total. The number of fused-ring (bicyclic) bond motifs is 1. The van der Waals surface area contributed by atoms with Crippen LogP contribution < -0.4 is 10.5 Å². The summed E-state index contributed by atoms with van der Waals surface area (Å²) in [6.07, 6.45) is 0.753. The Balaban J connectivity index is 1.90. The van der Waals surface area contributed by atoms with Crippen molar-refractivity contribution < 1.29 is 4.74 Å². The third-order valence-corrected chi connectivity index (χ3v) is 2.95. The van der Waals surface area contributed by atoms with Gasteiger partial charge in [0.05, 0.1) is 0 Å². The van der Waals surface area contributed by atoms with E-state index < -0.39 is 0 Å². The molecule has 3 rings (SSSR count). The summed E-state index contributed by atoms with van der Waals surface area (Å²) >= 11 is 1.21. The first kappa shape index (κ1) is 8.67. The van der Waals surface area contributed by atoms with Crippen LogP contribution in [0, 0.1) is 0 Å². The Morgan fingerprint density at radius 1 is 1.40 bits per heavy atom. The molecule has 1 aliphatic heterocycles. The van der Waals surface area contributed by atoms with Crippen LogP contribution >= 0.6 is 11.5 Å². The molecular formula is C10H9N3OS. The van der Waals surface area contributed by atoms with Gasteiger partial charge in [0.25, 0.3) is 0 Å². The van der Waals surface area contributed by atoms with Gasteiger partial charge >= 0.3 is 0 Å². The van der Waals surface area contributed by atoms with Gasteiger partial charge in [0.15, 0.2) is 17.1 Å². The summed E-state index contributed by atoms with van der Waals surface area (Å²) < 4.78 is 9.89. The van der Waals surface area contributed by atoms with Gasteiger partial charge in [0.2, 0.25) is 0 Å². The molecule has 15 heavy (non-hydrogen) atoms. The van der Waals surface area contributed by atoms with Crippen molar-refractivity contribution in [3.63, 3.8) is 0 Å². The van der Waals surface area contributed by atoms with E-state index in [2.05, 4.69) is 15.4 Å². The van der Waals surface area contributed by atoms with Crippen LogP contribution in [0.5, 0.6) is 5.75 Å². The Hall–Kier alpha value is -1.62. The van der Waals surface area contributed by atoms with Crippen molar-refractivity contribution in [3.05, 3.63) is 35.7 Å². The summed E-state index contributed by atoms with van der Waals surface area (Å²) in [5.74, 6) is 1.62. The van der Waals surface area contributed by atoms with Gasteiger partial charge in [-0.05, 0) is 11.6 Å². The van der Waals surface area contributed by atoms with E-state index in [0.717, 1.165) is 12.2 Å². The van der Waals surface area contributed by atoms with E-state index in [4.69, 9.17) is 10.5 Å². The van der Waals surface area contributed by atoms with Gasteiger partial charge in [0, 0.05) is 18.0 Å². The zero-order chi connectivity index (χ0) is 10.3. The SMILES string of the molecule is Nc1nc(C2Cc3ccccc3O2)ns1. The smallest absolute Gasteiger partial charge is 0.200 e. The lowest BCUT2D eigenvalue weighted by atomic mass is 10.1. The van der Waals surface area contributed by atoms with E-state index >= 15 is 0 Å². The minimum Gasteiger partial charge on any atom is -0.482 e. The van der Waals surface area contributed by atoms with E-state index in [9.17, 15) is 0 Å². The van der Waals surface area contributed by atoms with Gasteiger partial charge in [-0.2, -0.15) is 9.36 Å². The number of nitrogen functional groups attached to an aromatic ring is 1. The molecule has 2 aromatic rings. The molecule has 0 bridgehead atoms. The van der Waals surface area contributed by atoms with Crippen molar-refractivity contribution in [2.75, 3.05) is 5.73 Å². The monoisotopic (exact) mass is 219 g/mol. The number of nitrogens with two attached hydrogens (primary N) is 1. The molecule has 1 unspecified atom stereocenters. The number of ether oxygens (including phenoxy) is 1. The average molecular weight is 219 g/mol. The maximum absolute atomic E-state index is 5.73. The predicted octanol–water partition coefficient (Wildman–Crippen LogP) is 1.80. The molecule has 0 saturated heterocycles. The van der Waals surface area contributed by atoms with Gasteiger partial charge in [-0.25, -0.2) is 0 Å². The third-order valence-electron chi connectivity index (χ3n) is 2.39. The number of anilines is 1. The normalized spacial score (nSPS) is 18.5. The van der Waals surface area contributed by atoms with Crippen LogP contribution in [0.15, 0.2) is 24.3 Å². The number of para-hydroxylation sites is 1. The van der Waals surface area contributed by atoms with Crippen molar-refractivity contribution in [1.82, 2.24) is 9.36 Å². The minimum atomic E-state index is -0.0732. The molecule has 76 valence electrons. The Morgan fingerprint density at radius 3 is 3.00 bits per heavy atom. The number of rotatable bonds is 1. The first-order chi connectivity index (χ1) is 7.33. The summed E-state index contributed by atoms with van der Waals surface area (Å²) in [7, 11) is 0. The summed E-state index contributed by atoms with van der Waals surface area (Å²) in [5, 5.41) is 0.490. The molecule has 2 N–H and O–H groups in total. The van der Waals surface area contributed by atoms with E-state index in [1.165, 1.54) is 17.1 Å². The number of nitrogens with zero attached hydrogens (tertiary/aromatic N) is 2. The molecule has 0 radical (unpaired) electrons. The van der Waals surface area contributed by atoms with Gasteiger partial charge in [0.1, 0.15) is 5.75 Å². The van der Waals surface area contributed by atoms with Crippen LogP contribution in [0.3, 0.4) is 0 Å². The fourth-order valence-corrected chi connectivity index (χ4v) is 2.18. The predicted molar refractivity (Wildman–Crippen MR) is 57.8 cm³/mol. The van der Waals surface area contributed by atoms with Crippen molar-refractivity contribution in [2.45, 2.75) is 12.5 Å². The fourth-order valence-electron chi connectivity index (χ4n) is 1.70. The second kappa shape index (κ2) is 3.20. The number of hydrogen-bond donors (Lipinski definition) is 1. The van der Waals surface area contributed by atoms with Crippen LogP contribution in [0.25, 0.3) is 0 Å². The molecule has 1 aromatic heterocycles. The quantitative estimate of drug-likeness (QED) is 0.794. The molecule has 5 heteroatoms. The van der Waals surface area contributed by atoms with Gasteiger partial charge in [-0.3, -0.25) is 0 Å². The number of benzene rings is 1. The molecule has 1 atom stereocenters. The zero-order valence-corrected chi connectivity index (χ0v) is 8.70. The largest absolute Gasteiger partial charge is 0.482 e. The molecule has 0 spiro atoms. The molecule has 2 heterocycles. The second-order valence-electron chi connectivity index (χ2n) is 3.41. The molecule has 0 saturated carbocycles. The second-order valence-corrected chi connectivity index (χ2v) is 4.19. The van der Waals surface area contributed by atoms with E-state index in [-0.39, 0.29) is 6.10 Å². The Kier molecular flexibility index (Phi) is 1.85. The number of hydrogen-bond acceptors (Lipinski definition) is 5. The van der Waals surface area contributed by atoms with Crippen LogP contribution in [0.2, 0.25) is 0 Å². The number of aromatic nitrogens is 2. The Labute approximate surface area is 90.9 Å². The lowest BCUT2D eigenvalue weighted by Gasteiger charge is -2.04. The zero-order valence-electron chi connectivity index (χ0n) is 7.88. The summed E-state index contributed by atoms with van der Waals surface area (Å²) in [6.45, 7) is 0. The minimum absolute atomic E-state index is 0.0732. The van der Waals surface area contributed by atoms with E-state index in [1.54, 1.807) is 0 Å². The highest BCUT2D eigenvalue weighted by Gasteiger charge is 2.26. The van der Waals surface area contributed by atoms with Gasteiger partial charge < -0.3 is 10.5 Å². The van der Waals surface area contributed by atoms with Gasteiger partial charge in [-0.15, -0.1) is 0 Å². The Bertz CT molecular complexity index is 472. The summed E-state index contributed by atoms with van der Waals surface area (Å²) in [5.41, 5.74) is 6.75. The summed E-state index contributed by atoms with van der Waals surface area (Å²) in [4.78, 5) is 4.14. The van der Waals surface area contributed by atoms with Crippen LogP contribution in [0.1, 0.15) is 17.5 Å². The lowest BCUT2D eigenvalue weighted by molar-refractivity contribution is 0.229. The van der Waals surface area contributed by atoms with Crippen molar-refractivity contribution in [2.24, 2.45) is 0 Å². The topological polar surface area (TPSA) is 61.0 Å². The highest BCUT2D eigenvalue weighted by Crippen LogP contribution is 2.35. The first-order valence-electron chi connectivity index (χ1n) is 4.66. The van der Waals surface area contributed by atoms with Crippen LogP contribution in [0.4, 0.5) is 5.13 Å². The van der Waals surface area contributed by atoms with Crippen molar-refractivity contribution >= 4 is 16.7 Å². The molecule has 0 aliphatic carbocycles. The summed E-state index contributed by atoms with van der Waals surface area (Å²) in [6, 6.07) is 7.99. The van der Waals surface area contributed by atoms with Crippen LogP contribution in [-0.4, -0.2) is 9.36 Å². The van der Waals surface area contributed by atoms with E-state index in [0.29, 0.717) is 11.0 Å². The molecule has 0 amide bonds. The first-order valence-corrected chi connectivity index (χ1v) is 5.44. The molecule has 1 aliphatic rings. The Morgan fingerprint density at radius 2 is 2.27 bits per heavy atom. The highest BCUT2D eigenvalue weighted by atomic mass is 32.1. The van der Waals surface area contributed by atoms with Crippen molar-refractivity contribution in [3.8, 4) is 5.75 Å². The highest BCUT2D eigenvalue weighted by molar-refractivity contribution is 7.09. The van der Waals surface area contributed by atoms with Crippen LogP contribution in [-0.2, 0) is 6.42 Å². The average Bonchev–Trinajstić information content (AvgIpc) is 2.82. The lowest BCUT2D eigenvalue weighted by Crippen LogP contribution is -2.05. The van der Waals surface area contributed by atoms with E-state index in [1.807, 2.05) is 18.2 Å². The van der Waals surface area contributed by atoms with Gasteiger partial charge in [-0.1, -0.05) is 18.2 Å². The molecule has 1 aromatic carbocycles.